The summed E-state index contributed by atoms with van der Waals surface area (Å²) in [6, 6.07) is 8.14. The molecule has 0 aromatic heterocycles. The average molecular weight is 222 g/mol. The highest BCUT2D eigenvalue weighted by Gasteiger charge is 2.12. The third-order valence-electron chi connectivity index (χ3n) is 2.49. The van der Waals surface area contributed by atoms with Crippen molar-refractivity contribution in [2.75, 3.05) is 6.54 Å². The van der Waals surface area contributed by atoms with Crippen LogP contribution in [0, 0.1) is 6.92 Å². The summed E-state index contributed by atoms with van der Waals surface area (Å²) >= 11 is 0. The van der Waals surface area contributed by atoms with E-state index in [1.165, 1.54) is 5.56 Å². The Kier molecular flexibility index (Phi) is 4.46. The number of hydrogen-bond acceptors (Lipinski definition) is 3. The molecule has 0 saturated heterocycles. The number of carbonyl (C=O) groups excluding carboxylic acids is 1. The molecule has 2 unspecified atom stereocenters. The molecule has 1 rings (SSSR count). The van der Waals surface area contributed by atoms with Crippen molar-refractivity contribution in [3.63, 3.8) is 0 Å². The Morgan fingerprint density at radius 2 is 2.25 bits per heavy atom. The van der Waals surface area contributed by atoms with Gasteiger partial charge >= 0.3 is 0 Å². The Hall–Kier alpha value is -1.39. The van der Waals surface area contributed by atoms with Gasteiger partial charge in [-0.05, 0) is 19.4 Å². The van der Waals surface area contributed by atoms with Crippen molar-refractivity contribution in [1.29, 1.82) is 0 Å². The van der Waals surface area contributed by atoms with Crippen LogP contribution in [-0.2, 0) is 4.79 Å². The predicted octanol–water partition coefficient (Wildman–Crippen LogP) is 0.492. The van der Waals surface area contributed by atoms with Crippen LogP contribution in [0.5, 0.6) is 0 Å². The molecule has 0 radical (unpaired) electrons. The van der Waals surface area contributed by atoms with Crippen LogP contribution in [0.1, 0.15) is 24.1 Å². The highest BCUT2D eigenvalue weighted by atomic mass is 16.3. The normalized spacial score (nSPS) is 14.4. The van der Waals surface area contributed by atoms with E-state index in [1.807, 2.05) is 32.0 Å². The smallest absolute Gasteiger partial charge is 0.247 e. The first-order valence-corrected chi connectivity index (χ1v) is 5.28. The van der Waals surface area contributed by atoms with E-state index in [9.17, 15) is 9.90 Å². The lowest BCUT2D eigenvalue weighted by Crippen LogP contribution is -2.38. The van der Waals surface area contributed by atoms with Gasteiger partial charge in [0.2, 0.25) is 5.91 Å². The van der Waals surface area contributed by atoms with E-state index in [-0.39, 0.29) is 12.6 Å². The van der Waals surface area contributed by atoms with Gasteiger partial charge < -0.3 is 16.2 Å². The number of aliphatic hydroxyl groups excluding tert-OH is 1. The molecule has 1 aromatic rings. The van der Waals surface area contributed by atoms with E-state index >= 15 is 0 Å². The van der Waals surface area contributed by atoms with Crippen molar-refractivity contribution in [3.05, 3.63) is 35.4 Å². The molecular weight excluding hydrogens is 204 g/mol. The van der Waals surface area contributed by atoms with Gasteiger partial charge in [0.1, 0.15) is 6.10 Å². The Bertz CT molecular complexity index is 366. The molecule has 0 bridgehead atoms. The predicted molar refractivity (Wildman–Crippen MR) is 62.8 cm³/mol. The lowest BCUT2D eigenvalue weighted by atomic mass is 10.1. The maximum atomic E-state index is 10.6. The highest BCUT2D eigenvalue weighted by molar-refractivity contribution is 5.78. The van der Waals surface area contributed by atoms with Crippen molar-refractivity contribution in [1.82, 2.24) is 5.32 Å². The minimum absolute atomic E-state index is 0.0777. The molecule has 0 fully saturated rings. The number of hydrogen-bond donors (Lipinski definition) is 3. The van der Waals surface area contributed by atoms with Gasteiger partial charge in [-0.25, -0.2) is 0 Å². The first-order chi connectivity index (χ1) is 7.50. The minimum Gasteiger partial charge on any atom is -0.382 e. The van der Waals surface area contributed by atoms with Gasteiger partial charge in [-0.3, -0.25) is 4.79 Å². The molecular formula is C12H18N2O2. The lowest BCUT2D eigenvalue weighted by Gasteiger charge is -2.16. The summed E-state index contributed by atoms with van der Waals surface area (Å²) in [6.45, 7) is 4.17. The fourth-order valence-corrected chi connectivity index (χ4v) is 1.45. The van der Waals surface area contributed by atoms with Crippen LogP contribution in [-0.4, -0.2) is 23.7 Å². The third kappa shape index (κ3) is 3.64. The van der Waals surface area contributed by atoms with Crippen molar-refractivity contribution in [2.45, 2.75) is 26.0 Å². The molecule has 0 aliphatic rings. The number of nitrogens with two attached hydrogens (primary N) is 1. The van der Waals surface area contributed by atoms with E-state index in [4.69, 9.17) is 5.73 Å². The van der Waals surface area contributed by atoms with Crippen LogP contribution in [0.4, 0.5) is 0 Å². The molecule has 2 atom stereocenters. The number of amides is 1. The summed E-state index contributed by atoms with van der Waals surface area (Å²) in [5.74, 6) is -0.705. The van der Waals surface area contributed by atoms with E-state index in [1.54, 1.807) is 0 Å². The third-order valence-corrected chi connectivity index (χ3v) is 2.49. The van der Waals surface area contributed by atoms with Crippen LogP contribution >= 0.6 is 0 Å². The van der Waals surface area contributed by atoms with Crippen LogP contribution in [0.2, 0.25) is 0 Å². The second kappa shape index (κ2) is 5.63. The van der Waals surface area contributed by atoms with Crippen LogP contribution in [0.25, 0.3) is 0 Å². The molecule has 0 heterocycles. The van der Waals surface area contributed by atoms with Crippen molar-refractivity contribution < 1.29 is 9.90 Å². The summed E-state index contributed by atoms with van der Waals surface area (Å²) in [6.07, 6.45) is -1.13. The summed E-state index contributed by atoms with van der Waals surface area (Å²) < 4.78 is 0. The van der Waals surface area contributed by atoms with Crippen molar-refractivity contribution >= 4 is 5.91 Å². The zero-order chi connectivity index (χ0) is 12.1. The maximum absolute atomic E-state index is 10.6. The molecule has 1 aromatic carbocycles. The largest absolute Gasteiger partial charge is 0.382 e. The van der Waals surface area contributed by atoms with Gasteiger partial charge in [0.25, 0.3) is 0 Å². The van der Waals surface area contributed by atoms with Crippen LogP contribution in [0.15, 0.2) is 24.3 Å². The fourth-order valence-electron chi connectivity index (χ4n) is 1.45. The number of aliphatic hydroxyl groups is 1. The van der Waals surface area contributed by atoms with E-state index in [2.05, 4.69) is 11.4 Å². The molecule has 88 valence electrons. The second-order valence-electron chi connectivity index (χ2n) is 3.96. The molecule has 4 nitrogen and oxygen atoms in total. The first kappa shape index (κ1) is 12.7. The molecule has 1 amide bonds. The average Bonchev–Trinajstić information content (AvgIpc) is 2.25. The zero-order valence-electron chi connectivity index (χ0n) is 9.60. The number of rotatable bonds is 5. The summed E-state index contributed by atoms with van der Waals surface area (Å²) in [4.78, 5) is 10.6. The topological polar surface area (TPSA) is 75.3 Å². The second-order valence-corrected chi connectivity index (χ2v) is 3.96. The summed E-state index contributed by atoms with van der Waals surface area (Å²) in [7, 11) is 0. The van der Waals surface area contributed by atoms with Crippen molar-refractivity contribution in [3.8, 4) is 0 Å². The van der Waals surface area contributed by atoms with Gasteiger partial charge in [0, 0.05) is 12.6 Å². The standard InChI is InChI=1S/C12H18N2O2/c1-8-4-3-5-10(6-8)9(2)14-7-11(15)12(13)16/h3-6,9,11,14-15H,7H2,1-2H3,(H2,13,16). The monoisotopic (exact) mass is 222 g/mol. The fraction of sp³-hybridized carbons (Fsp3) is 0.417. The molecule has 4 heteroatoms. The van der Waals surface area contributed by atoms with Gasteiger partial charge in [0.15, 0.2) is 0 Å². The van der Waals surface area contributed by atoms with E-state index < -0.39 is 12.0 Å². The first-order valence-electron chi connectivity index (χ1n) is 5.28. The van der Waals surface area contributed by atoms with Crippen LogP contribution < -0.4 is 11.1 Å². The summed E-state index contributed by atoms with van der Waals surface area (Å²) in [5.41, 5.74) is 7.26. The number of nitrogens with one attached hydrogen (secondary N) is 1. The number of carbonyl (C=O) groups is 1. The quantitative estimate of drug-likeness (QED) is 0.678. The molecule has 4 N–H and O–H groups in total. The Morgan fingerprint density at radius 3 is 2.81 bits per heavy atom. The van der Waals surface area contributed by atoms with E-state index in [0.29, 0.717) is 0 Å². The zero-order valence-corrected chi connectivity index (χ0v) is 9.60. The SMILES string of the molecule is Cc1cccc(C(C)NCC(O)C(N)=O)c1. The Labute approximate surface area is 95.5 Å². The molecule has 0 saturated carbocycles. The van der Waals surface area contributed by atoms with E-state index in [0.717, 1.165) is 5.56 Å². The van der Waals surface area contributed by atoms with Gasteiger partial charge in [-0.1, -0.05) is 29.8 Å². The lowest BCUT2D eigenvalue weighted by molar-refractivity contribution is -0.125. The molecule has 0 spiro atoms. The highest BCUT2D eigenvalue weighted by Crippen LogP contribution is 2.13. The number of primary amides is 1. The number of benzene rings is 1. The molecule has 0 aliphatic heterocycles. The summed E-state index contributed by atoms with van der Waals surface area (Å²) in [5, 5.41) is 12.3. The molecule has 0 aliphatic carbocycles. The van der Waals surface area contributed by atoms with Gasteiger partial charge in [0.05, 0.1) is 0 Å². The van der Waals surface area contributed by atoms with Crippen LogP contribution in [0.3, 0.4) is 0 Å². The van der Waals surface area contributed by atoms with Gasteiger partial charge in [-0.2, -0.15) is 0 Å². The number of aryl methyl sites for hydroxylation is 1. The minimum atomic E-state index is -1.13. The molecule has 16 heavy (non-hydrogen) atoms. The van der Waals surface area contributed by atoms with Crippen molar-refractivity contribution in [2.24, 2.45) is 5.73 Å². The Morgan fingerprint density at radius 1 is 1.56 bits per heavy atom. The maximum Gasteiger partial charge on any atom is 0.247 e. The van der Waals surface area contributed by atoms with Gasteiger partial charge in [-0.15, -0.1) is 0 Å². The Balaban J connectivity index is 2.52.